The highest BCUT2D eigenvalue weighted by molar-refractivity contribution is 5.99. The lowest BCUT2D eigenvalue weighted by molar-refractivity contribution is -0.115. The van der Waals surface area contributed by atoms with Gasteiger partial charge in [-0.1, -0.05) is 6.07 Å². The van der Waals surface area contributed by atoms with Crippen LogP contribution in [0.25, 0.3) is 0 Å². The smallest absolute Gasteiger partial charge is 0.251 e. The lowest BCUT2D eigenvalue weighted by Crippen LogP contribution is -2.32. The van der Waals surface area contributed by atoms with E-state index in [-0.39, 0.29) is 12.1 Å². The summed E-state index contributed by atoms with van der Waals surface area (Å²) in [5, 5.41) is 13.6. The molecular weight excluding hydrogens is 285 g/mol. The molecule has 0 unspecified atom stereocenters. The fraction of sp³-hybridized carbons (Fsp3) is 0.0625. The van der Waals surface area contributed by atoms with Gasteiger partial charge < -0.3 is 10.6 Å². The van der Waals surface area contributed by atoms with Gasteiger partial charge in [0.2, 0.25) is 5.91 Å². The van der Waals surface area contributed by atoms with E-state index >= 15 is 0 Å². The Morgan fingerprint density at radius 3 is 2.50 bits per heavy atom. The van der Waals surface area contributed by atoms with Crippen molar-refractivity contribution in [3.05, 3.63) is 65.5 Å². The van der Waals surface area contributed by atoms with Gasteiger partial charge in [0.15, 0.2) is 0 Å². The molecule has 2 aromatic rings. The Morgan fingerprint density at radius 2 is 1.86 bits per heavy atom. The first kappa shape index (κ1) is 15.2. The van der Waals surface area contributed by atoms with Crippen molar-refractivity contribution in [1.82, 2.24) is 5.32 Å². The van der Waals surface area contributed by atoms with E-state index in [1.807, 2.05) is 6.07 Å². The molecule has 0 fully saturated rings. The number of nitriles is 1. The fourth-order valence-corrected chi connectivity index (χ4v) is 1.73. The van der Waals surface area contributed by atoms with Crippen LogP contribution in [-0.2, 0) is 4.79 Å². The van der Waals surface area contributed by atoms with E-state index < -0.39 is 17.6 Å². The molecule has 0 aliphatic carbocycles. The third-order valence-electron chi connectivity index (χ3n) is 2.79. The van der Waals surface area contributed by atoms with E-state index in [0.717, 1.165) is 6.07 Å². The Hall–Kier alpha value is -3.20. The number of anilines is 1. The summed E-state index contributed by atoms with van der Waals surface area (Å²) in [5.74, 6) is -1.47. The van der Waals surface area contributed by atoms with Crippen LogP contribution in [0.5, 0.6) is 0 Å². The highest BCUT2D eigenvalue weighted by Gasteiger charge is 2.09. The molecule has 5 nitrogen and oxygen atoms in total. The van der Waals surface area contributed by atoms with Crippen LogP contribution in [0.2, 0.25) is 0 Å². The molecule has 0 saturated carbocycles. The molecule has 0 radical (unpaired) electrons. The molecule has 2 N–H and O–H groups in total. The van der Waals surface area contributed by atoms with Gasteiger partial charge in [0.25, 0.3) is 5.91 Å². The Morgan fingerprint density at radius 1 is 1.14 bits per heavy atom. The molecule has 110 valence electrons. The first-order valence-corrected chi connectivity index (χ1v) is 6.42. The minimum absolute atomic E-state index is 0.145. The van der Waals surface area contributed by atoms with E-state index in [0.29, 0.717) is 11.3 Å². The van der Waals surface area contributed by atoms with E-state index in [4.69, 9.17) is 5.26 Å². The second kappa shape index (κ2) is 6.99. The quantitative estimate of drug-likeness (QED) is 0.906. The second-order valence-electron chi connectivity index (χ2n) is 4.43. The van der Waals surface area contributed by atoms with Crippen molar-refractivity contribution in [3.63, 3.8) is 0 Å². The zero-order chi connectivity index (χ0) is 15.9. The van der Waals surface area contributed by atoms with Gasteiger partial charge >= 0.3 is 0 Å². The lowest BCUT2D eigenvalue weighted by Gasteiger charge is -2.07. The molecular formula is C16H12FN3O2. The van der Waals surface area contributed by atoms with Gasteiger partial charge in [0.1, 0.15) is 5.82 Å². The summed E-state index contributed by atoms with van der Waals surface area (Å²) >= 11 is 0. The predicted molar refractivity (Wildman–Crippen MR) is 78.5 cm³/mol. The molecule has 0 saturated heterocycles. The van der Waals surface area contributed by atoms with Crippen molar-refractivity contribution in [2.45, 2.75) is 0 Å². The normalized spacial score (nSPS) is 9.64. The Bertz CT molecular complexity index is 736. The van der Waals surface area contributed by atoms with Crippen molar-refractivity contribution >= 4 is 17.5 Å². The molecule has 2 rings (SSSR count). The minimum atomic E-state index is -0.533. The topological polar surface area (TPSA) is 82.0 Å². The third-order valence-corrected chi connectivity index (χ3v) is 2.79. The number of amides is 2. The Balaban J connectivity index is 1.87. The van der Waals surface area contributed by atoms with Gasteiger partial charge in [-0.25, -0.2) is 4.39 Å². The van der Waals surface area contributed by atoms with Gasteiger partial charge in [-0.3, -0.25) is 9.59 Å². The maximum atomic E-state index is 13.0. The van der Waals surface area contributed by atoms with Crippen LogP contribution >= 0.6 is 0 Å². The molecule has 0 aromatic heterocycles. The predicted octanol–water partition coefficient (Wildman–Crippen LogP) is 2.07. The molecule has 0 aliphatic heterocycles. The maximum absolute atomic E-state index is 13.0. The molecule has 0 spiro atoms. The molecule has 2 amide bonds. The highest BCUT2D eigenvalue weighted by Crippen LogP contribution is 2.08. The molecule has 6 heteroatoms. The number of halogens is 1. The van der Waals surface area contributed by atoms with Crippen molar-refractivity contribution in [1.29, 1.82) is 5.26 Å². The molecule has 22 heavy (non-hydrogen) atoms. The zero-order valence-electron chi connectivity index (χ0n) is 11.5. The van der Waals surface area contributed by atoms with E-state index in [1.54, 1.807) is 24.3 Å². The Labute approximate surface area is 126 Å². The molecule has 0 aliphatic rings. The van der Waals surface area contributed by atoms with Crippen molar-refractivity contribution in [2.75, 3.05) is 11.9 Å². The van der Waals surface area contributed by atoms with Crippen LogP contribution < -0.4 is 10.6 Å². The van der Waals surface area contributed by atoms with Gasteiger partial charge in [-0.2, -0.15) is 5.26 Å². The highest BCUT2D eigenvalue weighted by atomic mass is 19.1. The number of nitrogens with one attached hydrogen (secondary N) is 2. The SMILES string of the molecule is N#Cc1ccc(NC(=O)CNC(=O)c2cccc(F)c2)cc1. The van der Waals surface area contributed by atoms with Crippen LogP contribution in [0.4, 0.5) is 10.1 Å². The second-order valence-corrected chi connectivity index (χ2v) is 4.43. The molecule has 0 heterocycles. The van der Waals surface area contributed by atoms with Crippen molar-refractivity contribution in [2.24, 2.45) is 0 Å². The fourth-order valence-electron chi connectivity index (χ4n) is 1.73. The van der Waals surface area contributed by atoms with Crippen molar-refractivity contribution < 1.29 is 14.0 Å². The van der Waals surface area contributed by atoms with Gasteiger partial charge in [0.05, 0.1) is 18.2 Å². The van der Waals surface area contributed by atoms with E-state index in [1.165, 1.54) is 18.2 Å². The average molecular weight is 297 g/mol. The summed E-state index contributed by atoms with van der Waals surface area (Å²) in [4.78, 5) is 23.4. The van der Waals surface area contributed by atoms with Gasteiger partial charge in [-0.05, 0) is 42.5 Å². The standard InChI is InChI=1S/C16H12FN3O2/c17-13-3-1-2-12(8-13)16(22)19-10-15(21)20-14-6-4-11(9-18)5-7-14/h1-8H,10H2,(H,19,22)(H,20,21). The number of carbonyl (C=O) groups excluding carboxylic acids is 2. The maximum Gasteiger partial charge on any atom is 0.251 e. The first-order valence-electron chi connectivity index (χ1n) is 6.42. The van der Waals surface area contributed by atoms with Crippen LogP contribution in [0, 0.1) is 17.1 Å². The number of carbonyl (C=O) groups is 2. The molecule has 2 aromatic carbocycles. The number of nitrogens with zero attached hydrogens (tertiary/aromatic N) is 1. The Kier molecular flexibility index (Phi) is 4.83. The monoisotopic (exact) mass is 297 g/mol. The van der Waals surface area contributed by atoms with E-state index in [2.05, 4.69) is 10.6 Å². The van der Waals surface area contributed by atoms with Crippen LogP contribution in [0.3, 0.4) is 0 Å². The van der Waals surface area contributed by atoms with Gasteiger partial charge in [-0.15, -0.1) is 0 Å². The summed E-state index contributed by atoms with van der Waals surface area (Å²) < 4.78 is 13.0. The number of hydrogen-bond acceptors (Lipinski definition) is 3. The third kappa shape index (κ3) is 4.15. The number of benzene rings is 2. The summed E-state index contributed by atoms with van der Waals surface area (Å²) in [5.41, 5.74) is 1.15. The first-order chi connectivity index (χ1) is 10.6. The lowest BCUT2D eigenvalue weighted by atomic mass is 10.2. The summed E-state index contributed by atoms with van der Waals surface area (Å²) in [6, 6.07) is 13.5. The van der Waals surface area contributed by atoms with E-state index in [9.17, 15) is 14.0 Å². The minimum Gasteiger partial charge on any atom is -0.343 e. The summed E-state index contributed by atoms with van der Waals surface area (Å²) in [6.45, 7) is -0.241. The number of rotatable bonds is 4. The molecule has 0 atom stereocenters. The summed E-state index contributed by atoms with van der Waals surface area (Å²) in [7, 11) is 0. The number of hydrogen-bond donors (Lipinski definition) is 2. The van der Waals surface area contributed by atoms with Crippen molar-refractivity contribution in [3.8, 4) is 6.07 Å². The average Bonchev–Trinajstić information content (AvgIpc) is 2.53. The zero-order valence-corrected chi connectivity index (χ0v) is 11.5. The van der Waals surface area contributed by atoms with Crippen LogP contribution in [-0.4, -0.2) is 18.4 Å². The summed E-state index contributed by atoms with van der Waals surface area (Å²) in [6.07, 6.45) is 0. The van der Waals surface area contributed by atoms with Crippen LogP contribution in [0.1, 0.15) is 15.9 Å². The molecule has 0 bridgehead atoms. The van der Waals surface area contributed by atoms with Crippen LogP contribution in [0.15, 0.2) is 48.5 Å². The van der Waals surface area contributed by atoms with Gasteiger partial charge in [0, 0.05) is 11.3 Å². The largest absolute Gasteiger partial charge is 0.343 e.